The largest absolute Gasteiger partial charge is 0.496 e. The summed E-state index contributed by atoms with van der Waals surface area (Å²) < 4.78 is 19.2. The van der Waals surface area contributed by atoms with Crippen molar-refractivity contribution in [3.8, 4) is 22.9 Å². The SMILES string of the molecule is COc1cc(-c2cccc(Cl)c2F)ccc1CC#N. The summed E-state index contributed by atoms with van der Waals surface area (Å²) in [7, 11) is 1.52. The maximum atomic E-state index is 13.9. The van der Waals surface area contributed by atoms with Crippen molar-refractivity contribution in [2.24, 2.45) is 0 Å². The van der Waals surface area contributed by atoms with E-state index in [9.17, 15) is 4.39 Å². The maximum Gasteiger partial charge on any atom is 0.149 e. The van der Waals surface area contributed by atoms with Gasteiger partial charge in [-0.05, 0) is 17.7 Å². The minimum Gasteiger partial charge on any atom is -0.496 e. The van der Waals surface area contributed by atoms with Crippen LogP contribution in [0.2, 0.25) is 5.02 Å². The lowest BCUT2D eigenvalue weighted by atomic mass is 10.0. The predicted octanol–water partition coefficient (Wildman–Crippen LogP) is 4.22. The standard InChI is InChI=1S/C15H11ClFNO/c1-19-14-9-11(6-5-10(14)7-8-18)12-3-2-4-13(16)15(12)17/h2-6,9H,7H2,1H3. The number of methoxy groups -OCH3 is 1. The van der Waals surface area contributed by atoms with Gasteiger partial charge in [0.15, 0.2) is 0 Å². The van der Waals surface area contributed by atoms with Crippen LogP contribution in [0.15, 0.2) is 36.4 Å². The minimum atomic E-state index is -0.459. The summed E-state index contributed by atoms with van der Waals surface area (Å²) in [5.41, 5.74) is 1.85. The summed E-state index contributed by atoms with van der Waals surface area (Å²) in [4.78, 5) is 0. The van der Waals surface area contributed by atoms with E-state index in [1.54, 1.807) is 30.3 Å². The normalized spacial score (nSPS) is 10.0. The van der Waals surface area contributed by atoms with Crippen LogP contribution in [0.5, 0.6) is 5.75 Å². The Morgan fingerprint density at radius 2 is 2.11 bits per heavy atom. The predicted molar refractivity (Wildman–Crippen MR) is 72.7 cm³/mol. The van der Waals surface area contributed by atoms with Crippen molar-refractivity contribution in [1.29, 1.82) is 5.26 Å². The van der Waals surface area contributed by atoms with Gasteiger partial charge in [-0.15, -0.1) is 0 Å². The molecule has 0 bridgehead atoms. The number of nitrogens with zero attached hydrogens (tertiary/aromatic N) is 1. The average Bonchev–Trinajstić information content (AvgIpc) is 2.43. The highest BCUT2D eigenvalue weighted by atomic mass is 35.5. The molecular weight excluding hydrogens is 265 g/mol. The van der Waals surface area contributed by atoms with E-state index < -0.39 is 5.82 Å². The van der Waals surface area contributed by atoms with Crippen LogP contribution >= 0.6 is 11.6 Å². The molecule has 19 heavy (non-hydrogen) atoms. The molecule has 0 saturated carbocycles. The van der Waals surface area contributed by atoms with Gasteiger partial charge < -0.3 is 4.74 Å². The highest BCUT2D eigenvalue weighted by Crippen LogP contribution is 2.31. The summed E-state index contributed by atoms with van der Waals surface area (Å²) in [5, 5.41) is 8.80. The van der Waals surface area contributed by atoms with E-state index in [0.29, 0.717) is 16.9 Å². The Labute approximate surface area is 116 Å². The van der Waals surface area contributed by atoms with E-state index in [1.165, 1.54) is 13.2 Å². The van der Waals surface area contributed by atoms with E-state index in [1.807, 2.05) is 0 Å². The second-order valence-electron chi connectivity index (χ2n) is 3.96. The third-order valence-corrected chi connectivity index (χ3v) is 3.11. The third-order valence-electron chi connectivity index (χ3n) is 2.82. The molecular formula is C15H11ClFNO. The molecule has 0 unspecified atom stereocenters. The van der Waals surface area contributed by atoms with Crippen molar-refractivity contribution in [3.63, 3.8) is 0 Å². The summed E-state index contributed by atoms with van der Waals surface area (Å²) in [5.74, 6) is 0.109. The molecule has 2 rings (SSSR count). The zero-order valence-electron chi connectivity index (χ0n) is 10.3. The van der Waals surface area contributed by atoms with Crippen molar-refractivity contribution in [2.75, 3.05) is 7.11 Å². The van der Waals surface area contributed by atoms with Crippen molar-refractivity contribution in [3.05, 3.63) is 52.8 Å². The molecule has 0 atom stereocenters. The van der Waals surface area contributed by atoms with Gasteiger partial charge in [0.05, 0.1) is 24.6 Å². The van der Waals surface area contributed by atoms with Gasteiger partial charge in [0, 0.05) is 11.1 Å². The molecule has 0 saturated heterocycles. The van der Waals surface area contributed by atoms with Gasteiger partial charge in [-0.25, -0.2) is 4.39 Å². The maximum absolute atomic E-state index is 13.9. The van der Waals surface area contributed by atoms with Crippen LogP contribution in [0.1, 0.15) is 5.56 Å². The molecule has 2 aromatic carbocycles. The molecule has 2 nitrogen and oxygen atoms in total. The molecule has 0 heterocycles. The zero-order valence-corrected chi connectivity index (χ0v) is 11.0. The zero-order chi connectivity index (χ0) is 13.8. The number of rotatable bonds is 3. The molecule has 96 valence electrons. The Kier molecular flexibility index (Phi) is 4.03. The number of hydrogen-bond donors (Lipinski definition) is 0. The van der Waals surface area contributed by atoms with Crippen molar-refractivity contribution in [2.45, 2.75) is 6.42 Å². The van der Waals surface area contributed by atoms with Crippen molar-refractivity contribution in [1.82, 2.24) is 0 Å². The molecule has 0 N–H and O–H groups in total. The first-order valence-corrected chi connectivity index (χ1v) is 6.03. The summed E-state index contributed by atoms with van der Waals surface area (Å²) in [6.07, 6.45) is 0.251. The lowest BCUT2D eigenvalue weighted by molar-refractivity contribution is 0.411. The van der Waals surface area contributed by atoms with Crippen LogP contribution in [0, 0.1) is 17.1 Å². The second kappa shape index (κ2) is 5.73. The molecule has 0 radical (unpaired) electrons. The topological polar surface area (TPSA) is 33.0 Å². The fourth-order valence-electron chi connectivity index (χ4n) is 1.87. The van der Waals surface area contributed by atoms with Gasteiger partial charge in [0.25, 0.3) is 0 Å². The van der Waals surface area contributed by atoms with E-state index >= 15 is 0 Å². The van der Waals surface area contributed by atoms with Gasteiger partial charge in [-0.2, -0.15) is 5.26 Å². The van der Waals surface area contributed by atoms with Gasteiger partial charge in [0.2, 0.25) is 0 Å². The van der Waals surface area contributed by atoms with Gasteiger partial charge >= 0.3 is 0 Å². The van der Waals surface area contributed by atoms with Gasteiger partial charge in [-0.1, -0.05) is 35.9 Å². The molecule has 4 heteroatoms. The molecule has 0 spiro atoms. The Morgan fingerprint density at radius 3 is 2.79 bits per heavy atom. The summed E-state index contributed by atoms with van der Waals surface area (Å²) >= 11 is 5.77. The summed E-state index contributed by atoms with van der Waals surface area (Å²) in [6.45, 7) is 0. The van der Waals surface area contributed by atoms with Crippen LogP contribution < -0.4 is 4.74 Å². The fourth-order valence-corrected chi connectivity index (χ4v) is 2.04. The van der Waals surface area contributed by atoms with Crippen molar-refractivity contribution >= 4 is 11.6 Å². The Balaban J connectivity index is 2.52. The molecule has 2 aromatic rings. The lowest BCUT2D eigenvalue weighted by Crippen LogP contribution is -1.93. The van der Waals surface area contributed by atoms with Crippen LogP contribution in [-0.4, -0.2) is 7.11 Å². The highest BCUT2D eigenvalue weighted by molar-refractivity contribution is 6.31. The number of nitriles is 1. The van der Waals surface area contributed by atoms with E-state index in [2.05, 4.69) is 6.07 Å². The lowest BCUT2D eigenvalue weighted by Gasteiger charge is -2.10. The van der Waals surface area contributed by atoms with E-state index in [-0.39, 0.29) is 11.4 Å². The Morgan fingerprint density at radius 1 is 1.32 bits per heavy atom. The monoisotopic (exact) mass is 275 g/mol. The Hall–Kier alpha value is -2.05. The summed E-state index contributed by atoms with van der Waals surface area (Å²) in [6, 6.07) is 12.1. The van der Waals surface area contributed by atoms with Crippen LogP contribution in [0.3, 0.4) is 0 Å². The fraction of sp³-hybridized carbons (Fsp3) is 0.133. The first kappa shape index (κ1) is 13.4. The molecule has 0 fully saturated rings. The van der Waals surface area contributed by atoms with Gasteiger partial charge in [-0.3, -0.25) is 0 Å². The average molecular weight is 276 g/mol. The van der Waals surface area contributed by atoms with Crippen LogP contribution in [0.25, 0.3) is 11.1 Å². The minimum absolute atomic E-state index is 0.0811. The third kappa shape index (κ3) is 2.69. The van der Waals surface area contributed by atoms with E-state index in [4.69, 9.17) is 21.6 Å². The van der Waals surface area contributed by atoms with Crippen LogP contribution in [0.4, 0.5) is 4.39 Å². The second-order valence-corrected chi connectivity index (χ2v) is 4.37. The van der Waals surface area contributed by atoms with Gasteiger partial charge in [0.1, 0.15) is 11.6 Å². The number of ether oxygens (including phenoxy) is 1. The molecule has 0 amide bonds. The first-order valence-electron chi connectivity index (χ1n) is 5.65. The first-order chi connectivity index (χ1) is 9.17. The number of halogens is 2. The highest BCUT2D eigenvalue weighted by Gasteiger charge is 2.11. The number of benzene rings is 2. The van der Waals surface area contributed by atoms with Crippen LogP contribution in [-0.2, 0) is 6.42 Å². The van der Waals surface area contributed by atoms with Crippen molar-refractivity contribution < 1.29 is 9.13 Å². The quantitative estimate of drug-likeness (QED) is 0.840. The number of hydrogen-bond acceptors (Lipinski definition) is 2. The smallest absolute Gasteiger partial charge is 0.149 e. The Bertz CT molecular complexity index is 649. The molecule has 0 aliphatic heterocycles. The molecule has 0 aromatic heterocycles. The molecule has 0 aliphatic carbocycles. The molecule has 0 aliphatic rings. The van der Waals surface area contributed by atoms with E-state index in [0.717, 1.165) is 5.56 Å².